The normalized spacial score (nSPS) is 25.6. The molecule has 0 unspecified atom stereocenters. The van der Waals surface area contributed by atoms with Gasteiger partial charge in [0.2, 0.25) is 0 Å². The molecule has 6 nitrogen and oxygen atoms in total. The molecule has 0 bridgehead atoms. The lowest BCUT2D eigenvalue weighted by Crippen LogP contribution is -2.43. The number of aliphatic carboxylic acids is 1. The Hall–Kier alpha value is -2.50. The summed E-state index contributed by atoms with van der Waals surface area (Å²) in [5.74, 6) is -1.48. The standard InChI is InChI=1S/C21H24F6N2O4/c1-2-16-8-15(10-29(16)19(32)33-17-5-12(6-17)18(30)31)28-9-11-3-13(20(22,23)24)7-14(4-11)21(25,26)27/h3-4,7,12,15-17,28H,2,5-6,8-10H2,1H3,(H,30,31)/t12-,15-,16+,17+/m0/s1. The van der Waals surface area contributed by atoms with Crippen molar-refractivity contribution in [1.82, 2.24) is 10.2 Å². The smallest absolute Gasteiger partial charge is 0.416 e. The summed E-state index contributed by atoms with van der Waals surface area (Å²) in [6, 6.07) is 0.878. The van der Waals surface area contributed by atoms with Crippen molar-refractivity contribution in [3.63, 3.8) is 0 Å². The van der Waals surface area contributed by atoms with E-state index in [0.717, 1.165) is 0 Å². The molecule has 1 aromatic rings. The van der Waals surface area contributed by atoms with Gasteiger partial charge in [-0.05, 0) is 49.4 Å². The second-order valence-corrected chi connectivity index (χ2v) is 8.45. The quantitative estimate of drug-likeness (QED) is 0.577. The van der Waals surface area contributed by atoms with E-state index in [4.69, 9.17) is 9.84 Å². The van der Waals surface area contributed by atoms with Gasteiger partial charge in [0.1, 0.15) is 6.10 Å². The van der Waals surface area contributed by atoms with Crippen LogP contribution in [0.1, 0.15) is 49.3 Å². The molecular formula is C21H24F6N2O4. The molecule has 184 valence electrons. The topological polar surface area (TPSA) is 78.9 Å². The number of benzene rings is 1. The average Bonchev–Trinajstić information content (AvgIpc) is 3.10. The van der Waals surface area contributed by atoms with Gasteiger partial charge in [0.05, 0.1) is 17.0 Å². The molecule has 0 spiro atoms. The van der Waals surface area contributed by atoms with E-state index in [1.807, 2.05) is 6.92 Å². The number of likely N-dealkylation sites (tertiary alicyclic amines) is 1. The summed E-state index contributed by atoms with van der Waals surface area (Å²) in [5, 5.41) is 11.8. The predicted octanol–water partition coefficient (Wildman–Crippen LogP) is 4.67. The first-order chi connectivity index (χ1) is 15.3. The van der Waals surface area contributed by atoms with Gasteiger partial charge in [-0.1, -0.05) is 6.92 Å². The molecule has 33 heavy (non-hydrogen) atoms. The highest BCUT2D eigenvalue weighted by atomic mass is 19.4. The summed E-state index contributed by atoms with van der Waals surface area (Å²) in [6.07, 6.45) is -9.39. The number of rotatable bonds is 6. The van der Waals surface area contributed by atoms with Gasteiger partial charge in [-0.2, -0.15) is 26.3 Å². The lowest BCUT2D eigenvalue weighted by Gasteiger charge is -2.34. The number of carboxylic acid groups (broad SMARTS) is 1. The maximum Gasteiger partial charge on any atom is 0.416 e. The number of carbonyl (C=O) groups excluding carboxylic acids is 1. The van der Waals surface area contributed by atoms with Crippen molar-refractivity contribution < 1.29 is 45.8 Å². The zero-order chi connectivity index (χ0) is 24.6. The van der Waals surface area contributed by atoms with Crippen LogP contribution in [0.5, 0.6) is 0 Å². The van der Waals surface area contributed by atoms with Crippen LogP contribution < -0.4 is 5.32 Å². The molecule has 1 saturated heterocycles. The van der Waals surface area contributed by atoms with Crippen molar-refractivity contribution in [2.45, 2.75) is 69.7 Å². The van der Waals surface area contributed by atoms with Crippen LogP contribution in [0, 0.1) is 5.92 Å². The summed E-state index contributed by atoms with van der Waals surface area (Å²) in [6.45, 7) is 1.79. The van der Waals surface area contributed by atoms with Crippen molar-refractivity contribution in [2.24, 2.45) is 5.92 Å². The largest absolute Gasteiger partial charge is 0.481 e. The van der Waals surface area contributed by atoms with Crippen molar-refractivity contribution in [2.75, 3.05) is 6.54 Å². The predicted molar refractivity (Wildman–Crippen MR) is 103 cm³/mol. The van der Waals surface area contributed by atoms with E-state index in [9.17, 15) is 35.9 Å². The molecule has 2 N–H and O–H groups in total. The summed E-state index contributed by atoms with van der Waals surface area (Å²) in [7, 11) is 0. The number of nitrogens with one attached hydrogen (secondary N) is 1. The number of nitrogens with zero attached hydrogens (tertiary/aromatic N) is 1. The van der Waals surface area contributed by atoms with Crippen LogP contribution in [0.3, 0.4) is 0 Å². The van der Waals surface area contributed by atoms with Crippen LogP contribution >= 0.6 is 0 Å². The Bertz CT molecular complexity index is 850. The summed E-state index contributed by atoms with van der Waals surface area (Å²) in [5.41, 5.74) is -2.92. The number of amides is 1. The van der Waals surface area contributed by atoms with Gasteiger partial charge < -0.3 is 20.1 Å². The fourth-order valence-electron chi connectivity index (χ4n) is 4.13. The molecule has 1 amide bonds. The minimum Gasteiger partial charge on any atom is -0.481 e. The van der Waals surface area contributed by atoms with Crippen LogP contribution in [-0.2, 0) is 28.4 Å². The summed E-state index contributed by atoms with van der Waals surface area (Å²) < 4.78 is 83.6. The van der Waals surface area contributed by atoms with Crippen LogP contribution in [0.15, 0.2) is 18.2 Å². The zero-order valence-corrected chi connectivity index (χ0v) is 17.7. The first-order valence-electron chi connectivity index (χ1n) is 10.5. The third kappa shape index (κ3) is 6.10. The van der Waals surface area contributed by atoms with Gasteiger partial charge >= 0.3 is 24.4 Å². The fourth-order valence-corrected chi connectivity index (χ4v) is 4.13. The first-order valence-corrected chi connectivity index (χ1v) is 10.5. The molecule has 12 heteroatoms. The SMILES string of the molecule is CC[C@@H]1C[C@H](NCc2cc(C(F)(F)F)cc(C(F)(F)F)c2)CN1C(=O)O[C@H]1C[C@@H](C(=O)O)C1. The monoisotopic (exact) mass is 482 g/mol. The Morgan fingerprint density at radius 1 is 1.06 bits per heavy atom. The Morgan fingerprint density at radius 3 is 2.12 bits per heavy atom. The van der Waals surface area contributed by atoms with Gasteiger partial charge in [0.15, 0.2) is 0 Å². The minimum absolute atomic E-state index is 0.0826. The average molecular weight is 482 g/mol. The maximum atomic E-state index is 13.0. The van der Waals surface area contributed by atoms with Crippen LogP contribution in [0.25, 0.3) is 0 Å². The highest BCUT2D eigenvalue weighted by Gasteiger charge is 2.41. The van der Waals surface area contributed by atoms with E-state index in [0.29, 0.717) is 25.0 Å². The maximum absolute atomic E-state index is 13.0. The van der Waals surface area contributed by atoms with Gasteiger partial charge in [-0.15, -0.1) is 0 Å². The zero-order valence-electron chi connectivity index (χ0n) is 17.7. The number of carboxylic acids is 1. The Balaban J connectivity index is 1.62. The van der Waals surface area contributed by atoms with Gasteiger partial charge in [0.25, 0.3) is 0 Å². The molecule has 1 aliphatic heterocycles. The highest BCUT2D eigenvalue weighted by Crippen LogP contribution is 2.36. The second-order valence-electron chi connectivity index (χ2n) is 8.45. The van der Waals surface area contributed by atoms with Crippen LogP contribution in [0.4, 0.5) is 31.1 Å². The van der Waals surface area contributed by atoms with Crippen molar-refractivity contribution in [1.29, 1.82) is 0 Å². The Kier molecular flexibility index (Phi) is 7.15. The van der Waals surface area contributed by atoms with Crippen LogP contribution in [-0.4, -0.2) is 46.8 Å². The summed E-state index contributed by atoms with van der Waals surface area (Å²) >= 11 is 0. The van der Waals surface area contributed by atoms with E-state index >= 15 is 0 Å². The molecule has 1 aliphatic carbocycles. The highest BCUT2D eigenvalue weighted by molar-refractivity contribution is 5.72. The minimum atomic E-state index is -4.92. The third-order valence-electron chi connectivity index (χ3n) is 6.07. The van der Waals surface area contributed by atoms with E-state index in [-0.39, 0.29) is 49.6 Å². The lowest BCUT2D eigenvalue weighted by atomic mass is 9.82. The fraction of sp³-hybridized carbons (Fsp3) is 0.619. The number of ether oxygens (including phenoxy) is 1. The molecule has 3 rings (SSSR count). The van der Waals surface area contributed by atoms with Crippen molar-refractivity contribution in [3.05, 3.63) is 34.9 Å². The van der Waals surface area contributed by atoms with Gasteiger partial charge in [0, 0.05) is 25.2 Å². The lowest BCUT2D eigenvalue weighted by molar-refractivity contribution is -0.149. The molecule has 2 atom stereocenters. The molecule has 0 aromatic heterocycles. The number of alkyl halides is 6. The summed E-state index contributed by atoms with van der Waals surface area (Å²) in [4.78, 5) is 24.8. The van der Waals surface area contributed by atoms with Gasteiger partial charge in [-0.25, -0.2) is 4.79 Å². The van der Waals surface area contributed by atoms with Crippen LogP contribution in [0.2, 0.25) is 0 Å². The number of hydrogen-bond donors (Lipinski definition) is 2. The molecule has 2 fully saturated rings. The Morgan fingerprint density at radius 2 is 1.64 bits per heavy atom. The molecule has 0 radical (unpaired) electrons. The van der Waals surface area contributed by atoms with E-state index < -0.39 is 47.6 Å². The van der Waals surface area contributed by atoms with Crippen molar-refractivity contribution in [3.8, 4) is 0 Å². The second kappa shape index (κ2) is 9.40. The third-order valence-corrected chi connectivity index (χ3v) is 6.07. The van der Waals surface area contributed by atoms with E-state index in [1.165, 1.54) is 4.90 Å². The van der Waals surface area contributed by atoms with Crippen molar-refractivity contribution >= 4 is 12.1 Å². The van der Waals surface area contributed by atoms with E-state index in [1.54, 1.807) is 0 Å². The Labute approximate surface area is 185 Å². The number of carbonyl (C=O) groups is 2. The van der Waals surface area contributed by atoms with E-state index in [2.05, 4.69) is 5.32 Å². The first kappa shape index (κ1) is 25.1. The number of hydrogen-bond acceptors (Lipinski definition) is 4. The molecule has 2 aliphatic rings. The number of halogens is 6. The molecule has 1 aromatic carbocycles. The molecular weight excluding hydrogens is 458 g/mol. The van der Waals surface area contributed by atoms with Gasteiger partial charge in [-0.3, -0.25) is 4.79 Å². The molecule has 1 heterocycles. The molecule has 1 saturated carbocycles.